The maximum atomic E-state index is 5.40. The largest absolute Gasteiger partial charge is 0.372 e. The first kappa shape index (κ1) is 14.1. The zero-order valence-corrected chi connectivity index (χ0v) is 14.0. The molecule has 1 aliphatic rings. The first-order valence-corrected chi connectivity index (χ1v) is 8.86. The quantitative estimate of drug-likeness (QED) is 0.542. The average molecular weight is 333 g/mol. The third kappa shape index (κ3) is 2.31. The van der Waals surface area contributed by atoms with E-state index in [0.717, 1.165) is 40.4 Å². The first-order valence-electron chi connectivity index (χ1n) is 7.06. The molecule has 3 aromatic heterocycles. The Hall–Kier alpha value is -1.51. The van der Waals surface area contributed by atoms with Crippen molar-refractivity contribution >= 4 is 33.3 Å². The molecule has 1 aliphatic heterocycles. The maximum Gasteiger partial charge on any atom is 0.159 e. The van der Waals surface area contributed by atoms with E-state index in [0.29, 0.717) is 6.61 Å². The molecule has 4 heterocycles. The summed E-state index contributed by atoms with van der Waals surface area (Å²) in [7, 11) is 0. The fourth-order valence-electron chi connectivity index (χ4n) is 2.56. The normalized spacial score (nSPS) is 14.5. The summed E-state index contributed by atoms with van der Waals surface area (Å²) < 4.78 is 7.55. The fourth-order valence-corrected chi connectivity index (χ4v) is 4.61. The first-order chi connectivity index (χ1) is 10.7. The summed E-state index contributed by atoms with van der Waals surface area (Å²) in [6, 6.07) is 0. The van der Waals surface area contributed by atoms with Gasteiger partial charge in [-0.3, -0.25) is 0 Å². The van der Waals surface area contributed by atoms with Crippen molar-refractivity contribution in [2.45, 2.75) is 37.8 Å². The van der Waals surface area contributed by atoms with E-state index in [1.807, 2.05) is 0 Å². The number of hydrogen-bond donors (Lipinski definition) is 0. The number of rotatable bonds is 3. The lowest BCUT2D eigenvalue weighted by atomic mass is 10.2. The topological polar surface area (TPSA) is 65.7 Å². The Kier molecular flexibility index (Phi) is 3.59. The van der Waals surface area contributed by atoms with Crippen LogP contribution in [0.5, 0.6) is 0 Å². The van der Waals surface area contributed by atoms with Crippen LogP contribution >= 0.6 is 23.1 Å². The van der Waals surface area contributed by atoms with Crippen LogP contribution in [0.2, 0.25) is 0 Å². The van der Waals surface area contributed by atoms with Crippen molar-refractivity contribution in [3.8, 4) is 0 Å². The van der Waals surface area contributed by atoms with E-state index in [2.05, 4.69) is 38.6 Å². The molecule has 0 aromatic carbocycles. The molecule has 0 saturated heterocycles. The Balaban J connectivity index is 1.63. The van der Waals surface area contributed by atoms with Crippen molar-refractivity contribution in [1.82, 2.24) is 24.7 Å². The standard InChI is InChI=1S/C14H15N5OS2/c1-8-9(2)22-14-12(8)13(15-7-16-14)21-6-11-18-17-10-5-20-4-3-19(10)11/h7H,3-6H2,1-2H3. The molecule has 0 spiro atoms. The van der Waals surface area contributed by atoms with Gasteiger partial charge in [-0.05, 0) is 19.4 Å². The minimum absolute atomic E-state index is 0.554. The van der Waals surface area contributed by atoms with Crippen molar-refractivity contribution in [3.05, 3.63) is 28.4 Å². The molecule has 4 rings (SSSR count). The van der Waals surface area contributed by atoms with Gasteiger partial charge >= 0.3 is 0 Å². The van der Waals surface area contributed by atoms with Gasteiger partial charge in [-0.2, -0.15) is 0 Å². The van der Waals surface area contributed by atoms with Crippen LogP contribution in [0.25, 0.3) is 10.2 Å². The van der Waals surface area contributed by atoms with Gasteiger partial charge in [-0.15, -0.1) is 21.5 Å². The Bertz CT molecular complexity index is 841. The molecule has 8 heteroatoms. The molecule has 0 bridgehead atoms. The highest BCUT2D eigenvalue weighted by molar-refractivity contribution is 7.98. The number of hydrogen-bond acceptors (Lipinski definition) is 7. The van der Waals surface area contributed by atoms with Gasteiger partial charge in [-0.1, -0.05) is 11.8 Å². The Morgan fingerprint density at radius 3 is 3.14 bits per heavy atom. The summed E-state index contributed by atoms with van der Waals surface area (Å²) in [6.45, 7) is 6.37. The summed E-state index contributed by atoms with van der Waals surface area (Å²) in [6.07, 6.45) is 1.65. The molecule has 0 N–H and O–H groups in total. The van der Waals surface area contributed by atoms with Gasteiger partial charge in [0.25, 0.3) is 0 Å². The van der Waals surface area contributed by atoms with Crippen molar-refractivity contribution in [2.24, 2.45) is 0 Å². The van der Waals surface area contributed by atoms with E-state index in [4.69, 9.17) is 4.74 Å². The molecule has 0 unspecified atom stereocenters. The average Bonchev–Trinajstić information content (AvgIpc) is 3.07. The van der Waals surface area contributed by atoms with E-state index >= 15 is 0 Å². The fraction of sp³-hybridized carbons (Fsp3) is 0.429. The second kappa shape index (κ2) is 5.60. The zero-order chi connectivity index (χ0) is 15.1. The van der Waals surface area contributed by atoms with Crippen LogP contribution < -0.4 is 0 Å². The van der Waals surface area contributed by atoms with Crippen molar-refractivity contribution in [1.29, 1.82) is 0 Å². The van der Waals surface area contributed by atoms with E-state index in [-0.39, 0.29) is 0 Å². The predicted octanol–water partition coefficient (Wildman–Crippen LogP) is 2.72. The molecule has 114 valence electrons. The molecule has 0 radical (unpaired) electrons. The van der Waals surface area contributed by atoms with Gasteiger partial charge in [0.15, 0.2) is 5.82 Å². The molecule has 0 aliphatic carbocycles. The Morgan fingerprint density at radius 1 is 1.32 bits per heavy atom. The molecule has 6 nitrogen and oxygen atoms in total. The van der Waals surface area contributed by atoms with Crippen molar-refractivity contribution in [2.75, 3.05) is 6.61 Å². The van der Waals surface area contributed by atoms with E-state index in [9.17, 15) is 0 Å². The number of thiophene rings is 1. The molecule has 0 saturated carbocycles. The predicted molar refractivity (Wildman–Crippen MR) is 86.1 cm³/mol. The summed E-state index contributed by atoms with van der Waals surface area (Å²) in [5.74, 6) is 2.66. The summed E-state index contributed by atoms with van der Waals surface area (Å²) in [5, 5.41) is 10.7. The minimum Gasteiger partial charge on any atom is -0.372 e. The Morgan fingerprint density at radius 2 is 2.23 bits per heavy atom. The number of aryl methyl sites for hydroxylation is 2. The lowest BCUT2D eigenvalue weighted by molar-refractivity contribution is 0.0808. The number of aromatic nitrogens is 5. The third-order valence-corrected chi connectivity index (χ3v) is 5.96. The molecule has 0 atom stereocenters. The van der Waals surface area contributed by atoms with Crippen LogP contribution in [-0.2, 0) is 23.6 Å². The second-order valence-corrected chi connectivity index (χ2v) is 7.33. The number of ether oxygens (including phenoxy) is 1. The van der Waals surface area contributed by atoms with Gasteiger partial charge in [0.2, 0.25) is 0 Å². The van der Waals surface area contributed by atoms with Crippen LogP contribution in [0.1, 0.15) is 22.1 Å². The highest BCUT2D eigenvalue weighted by Gasteiger charge is 2.18. The monoisotopic (exact) mass is 333 g/mol. The van der Waals surface area contributed by atoms with E-state index in [1.165, 1.54) is 15.8 Å². The Labute approximate surface area is 135 Å². The van der Waals surface area contributed by atoms with Gasteiger partial charge in [0.05, 0.1) is 12.4 Å². The minimum atomic E-state index is 0.554. The highest BCUT2D eigenvalue weighted by atomic mass is 32.2. The second-order valence-electron chi connectivity index (χ2n) is 5.17. The molecular formula is C14H15N5OS2. The molecule has 0 amide bonds. The third-order valence-electron chi connectivity index (χ3n) is 3.86. The van der Waals surface area contributed by atoms with E-state index < -0.39 is 0 Å². The lowest BCUT2D eigenvalue weighted by Gasteiger charge is -2.15. The van der Waals surface area contributed by atoms with Crippen LogP contribution in [0, 0.1) is 13.8 Å². The van der Waals surface area contributed by atoms with Crippen LogP contribution in [0.3, 0.4) is 0 Å². The van der Waals surface area contributed by atoms with Crippen LogP contribution in [0.15, 0.2) is 11.4 Å². The SMILES string of the molecule is Cc1sc2ncnc(SCc3nnc4n3CCOC4)c2c1C. The van der Waals surface area contributed by atoms with Gasteiger partial charge in [0, 0.05) is 16.8 Å². The van der Waals surface area contributed by atoms with E-state index in [1.54, 1.807) is 29.4 Å². The van der Waals surface area contributed by atoms with Crippen LogP contribution in [0.4, 0.5) is 0 Å². The number of fused-ring (bicyclic) bond motifs is 2. The van der Waals surface area contributed by atoms with Gasteiger partial charge in [0.1, 0.15) is 28.6 Å². The van der Waals surface area contributed by atoms with Crippen molar-refractivity contribution < 1.29 is 4.74 Å². The summed E-state index contributed by atoms with van der Waals surface area (Å²) in [5.41, 5.74) is 1.28. The molecule has 3 aromatic rings. The van der Waals surface area contributed by atoms with Gasteiger partial charge < -0.3 is 9.30 Å². The number of thioether (sulfide) groups is 1. The number of nitrogens with zero attached hydrogens (tertiary/aromatic N) is 5. The lowest BCUT2D eigenvalue weighted by Crippen LogP contribution is -2.18. The molecule has 0 fully saturated rings. The van der Waals surface area contributed by atoms with Crippen LogP contribution in [-0.4, -0.2) is 31.3 Å². The highest BCUT2D eigenvalue weighted by Crippen LogP contribution is 2.35. The zero-order valence-electron chi connectivity index (χ0n) is 12.4. The summed E-state index contributed by atoms with van der Waals surface area (Å²) >= 11 is 3.42. The van der Waals surface area contributed by atoms with Crippen molar-refractivity contribution in [3.63, 3.8) is 0 Å². The maximum absolute atomic E-state index is 5.40. The summed E-state index contributed by atoms with van der Waals surface area (Å²) in [4.78, 5) is 11.2. The smallest absolute Gasteiger partial charge is 0.159 e. The molecular weight excluding hydrogens is 318 g/mol. The van der Waals surface area contributed by atoms with Gasteiger partial charge in [-0.25, -0.2) is 9.97 Å². The molecule has 22 heavy (non-hydrogen) atoms.